The van der Waals surface area contributed by atoms with Gasteiger partial charge >= 0.3 is 0 Å². The van der Waals surface area contributed by atoms with Gasteiger partial charge < -0.3 is 4.90 Å². The molecule has 2 aromatic rings. The Labute approximate surface area is 159 Å². The predicted molar refractivity (Wildman–Crippen MR) is 108 cm³/mol. The fraction of sp³-hybridized carbons (Fsp3) is 0.190. The summed E-state index contributed by atoms with van der Waals surface area (Å²) >= 11 is 5.36. The molecule has 0 saturated carbocycles. The van der Waals surface area contributed by atoms with Gasteiger partial charge in [0, 0.05) is 19.2 Å². The molecule has 132 valence electrons. The summed E-state index contributed by atoms with van der Waals surface area (Å²) in [5.41, 5.74) is 3.18. The second kappa shape index (κ2) is 10.1. The number of aryl methyl sites for hydroxylation is 1. The van der Waals surface area contributed by atoms with Crippen molar-refractivity contribution in [2.45, 2.75) is 19.9 Å². The summed E-state index contributed by atoms with van der Waals surface area (Å²) in [5.74, 6) is -0.286. The maximum atomic E-state index is 12.1. The summed E-state index contributed by atoms with van der Waals surface area (Å²) in [7, 11) is 0. The Kier molecular flexibility index (Phi) is 7.53. The molecule has 0 aliphatic carbocycles. The molecule has 2 rings (SSSR count). The monoisotopic (exact) mass is 363 g/mol. The Morgan fingerprint density at radius 2 is 1.88 bits per heavy atom. The van der Waals surface area contributed by atoms with Gasteiger partial charge in [-0.05, 0) is 36.3 Å². The van der Waals surface area contributed by atoms with Crippen molar-refractivity contribution in [3.05, 3.63) is 77.4 Å². The van der Waals surface area contributed by atoms with Gasteiger partial charge in [-0.15, -0.1) is 0 Å². The first-order valence-corrected chi connectivity index (χ1v) is 8.75. The molecule has 0 aliphatic heterocycles. The van der Waals surface area contributed by atoms with Crippen LogP contribution in [0.3, 0.4) is 0 Å². The number of rotatable bonds is 6. The van der Waals surface area contributed by atoms with Crippen molar-refractivity contribution in [2.75, 3.05) is 6.54 Å². The number of nitriles is 1. The summed E-state index contributed by atoms with van der Waals surface area (Å²) in [6, 6.07) is 19.8. The van der Waals surface area contributed by atoms with Crippen molar-refractivity contribution in [3.8, 4) is 6.07 Å². The number of thiocarbonyl (C=S) groups is 1. The van der Waals surface area contributed by atoms with E-state index in [1.165, 1.54) is 11.6 Å². The van der Waals surface area contributed by atoms with Crippen LogP contribution < -0.4 is 5.32 Å². The lowest BCUT2D eigenvalue weighted by Crippen LogP contribution is -2.42. The number of nitrogens with zero attached hydrogens (tertiary/aromatic N) is 2. The number of benzene rings is 2. The molecule has 26 heavy (non-hydrogen) atoms. The highest BCUT2D eigenvalue weighted by atomic mass is 32.1. The summed E-state index contributed by atoms with van der Waals surface area (Å²) in [4.78, 5) is 14.0. The van der Waals surface area contributed by atoms with E-state index in [2.05, 4.69) is 11.4 Å². The topological polar surface area (TPSA) is 56.1 Å². The van der Waals surface area contributed by atoms with E-state index >= 15 is 0 Å². The zero-order valence-electron chi connectivity index (χ0n) is 14.7. The lowest BCUT2D eigenvalue weighted by Gasteiger charge is -2.24. The van der Waals surface area contributed by atoms with Crippen molar-refractivity contribution < 1.29 is 4.79 Å². The number of amides is 1. The predicted octanol–water partition coefficient (Wildman–Crippen LogP) is 3.83. The molecule has 2 aromatic carbocycles. The molecule has 0 atom stereocenters. The molecule has 1 amide bonds. The third-order valence-corrected chi connectivity index (χ3v) is 4.09. The van der Waals surface area contributed by atoms with Gasteiger partial charge in [-0.25, -0.2) is 0 Å². The largest absolute Gasteiger partial charge is 0.344 e. The standard InChI is InChI=1S/C21H21N3OS/c1-17-8-10-18(11-9-17)12-13-20(25)23-21(26)24(15-5-14-22)16-19-6-3-2-4-7-19/h2-4,6-13H,5,15-16H2,1H3,(H,23,25,26)/b13-12+. The average Bonchev–Trinajstić information content (AvgIpc) is 2.65. The maximum absolute atomic E-state index is 12.1. The quantitative estimate of drug-likeness (QED) is 0.626. The third-order valence-electron chi connectivity index (χ3n) is 3.73. The van der Waals surface area contributed by atoms with E-state index < -0.39 is 0 Å². The first-order valence-electron chi connectivity index (χ1n) is 8.34. The molecular formula is C21H21N3OS. The maximum Gasteiger partial charge on any atom is 0.250 e. The van der Waals surface area contributed by atoms with Crippen LogP contribution in [0.1, 0.15) is 23.1 Å². The highest BCUT2D eigenvalue weighted by Crippen LogP contribution is 2.07. The SMILES string of the molecule is Cc1ccc(/C=C/C(=O)NC(=S)N(CCC#N)Cc2ccccc2)cc1. The Hall–Kier alpha value is -2.97. The number of carbonyl (C=O) groups excluding carboxylic acids is 1. The molecule has 0 unspecified atom stereocenters. The smallest absolute Gasteiger partial charge is 0.250 e. The van der Waals surface area contributed by atoms with E-state index in [9.17, 15) is 4.79 Å². The van der Waals surface area contributed by atoms with Crippen LogP contribution in [0.15, 0.2) is 60.7 Å². The molecule has 0 saturated heterocycles. The number of hydrogen-bond acceptors (Lipinski definition) is 3. The molecule has 0 fully saturated rings. The molecule has 0 heterocycles. The molecule has 1 N–H and O–H groups in total. The Morgan fingerprint density at radius 3 is 2.54 bits per heavy atom. The van der Waals surface area contributed by atoms with Crippen LogP contribution in [0.25, 0.3) is 6.08 Å². The third kappa shape index (κ3) is 6.50. The van der Waals surface area contributed by atoms with E-state index in [-0.39, 0.29) is 5.91 Å². The lowest BCUT2D eigenvalue weighted by molar-refractivity contribution is -0.115. The highest BCUT2D eigenvalue weighted by Gasteiger charge is 2.12. The molecular weight excluding hydrogens is 342 g/mol. The van der Waals surface area contributed by atoms with Crippen LogP contribution in [-0.2, 0) is 11.3 Å². The lowest BCUT2D eigenvalue weighted by atomic mass is 10.1. The van der Waals surface area contributed by atoms with Gasteiger partial charge in [0.25, 0.3) is 0 Å². The van der Waals surface area contributed by atoms with Crippen molar-refractivity contribution in [3.63, 3.8) is 0 Å². The van der Waals surface area contributed by atoms with E-state index in [0.717, 1.165) is 11.1 Å². The van der Waals surface area contributed by atoms with Crippen LogP contribution in [0.2, 0.25) is 0 Å². The second-order valence-corrected chi connectivity index (χ2v) is 6.24. The van der Waals surface area contributed by atoms with Crippen molar-refractivity contribution in [2.24, 2.45) is 0 Å². The summed E-state index contributed by atoms with van der Waals surface area (Å²) < 4.78 is 0. The first kappa shape index (κ1) is 19.4. The van der Waals surface area contributed by atoms with Gasteiger partial charge in [0.1, 0.15) is 0 Å². The minimum Gasteiger partial charge on any atom is -0.344 e. The number of carbonyl (C=O) groups is 1. The van der Waals surface area contributed by atoms with E-state index in [1.807, 2.05) is 66.4 Å². The molecule has 4 nitrogen and oxygen atoms in total. The van der Waals surface area contributed by atoms with E-state index in [1.54, 1.807) is 6.08 Å². The van der Waals surface area contributed by atoms with Crippen LogP contribution in [0, 0.1) is 18.3 Å². The van der Waals surface area contributed by atoms with Crippen molar-refractivity contribution >= 4 is 29.3 Å². The molecule has 0 bridgehead atoms. The zero-order chi connectivity index (χ0) is 18.8. The fourth-order valence-corrected chi connectivity index (χ4v) is 2.57. The average molecular weight is 363 g/mol. The van der Waals surface area contributed by atoms with E-state index in [4.69, 9.17) is 17.5 Å². The van der Waals surface area contributed by atoms with Gasteiger partial charge in [0.05, 0.1) is 12.5 Å². The molecule has 0 aliphatic rings. The first-order chi connectivity index (χ1) is 12.6. The van der Waals surface area contributed by atoms with Crippen LogP contribution in [-0.4, -0.2) is 22.5 Å². The normalized spacial score (nSPS) is 10.3. The minimum atomic E-state index is -0.286. The van der Waals surface area contributed by atoms with Gasteiger partial charge in [0.15, 0.2) is 5.11 Å². The van der Waals surface area contributed by atoms with Crippen LogP contribution in [0.4, 0.5) is 0 Å². The van der Waals surface area contributed by atoms with Crippen molar-refractivity contribution in [1.82, 2.24) is 10.2 Å². The Balaban J connectivity index is 1.97. The number of hydrogen-bond donors (Lipinski definition) is 1. The van der Waals surface area contributed by atoms with Gasteiger partial charge in [-0.1, -0.05) is 60.2 Å². The second-order valence-electron chi connectivity index (χ2n) is 5.85. The Bertz CT molecular complexity index is 807. The Morgan fingerprint density at radius 1 is 1.19 bits per heavy atom. The van der Waals surface area contributed by atoms with Gasteiger partial charge in [-0.2, -0.15) is 5.26 Å². The van der Waals surface area contributed by atoms with Crippen LogP contribution >= 0.6 is 12.2 Å². The molecule has 0 radical (unpaired) electrons. The van der Waals surface area contributed by atoms with E-state index in [0.29, 0.717) is 24.6 Å². The summed E-state index contributed by atoms with van der Waals surface area (Å²) in [6.07, 6.45) is 3.54. The number of nitrogens with one attached hydrogen (secondary N) is 1. The van der Waals surface area contributed by atoms with Gasteiger partial charge in [-0.3, -0.25) is 10.1 Å². The summed E-state index contributed by atoms with van der Waals surface area (Å²) in [5, 5.41) is 11.9. The highest BCUT2D eigenvalue weighted by molar-refractivity contribution is 7.80. The summed E-state index contributed by atoms with van der Waals surface area (Å²) in [6.45, 7) is 3.02. The van der Waals surface area contributed by atoms with Gasteiger partial charge in [0.2, 0.25) is 5.91 Å². The zero-order valence-corrected chi connectivity index (χ0v) is 15.5. The van der Waals surface area contributed by atoms with Crippen LogP contribution in [0.5, 0.6) is 0 Å². The fourth-order valence-electron chi connectivity index (χ4n) is 2.32. The molecule has 0 aromatic heterocycles. The minimum absolute atomic E-state index is 0.286. The molecule has 0 spiro atoms. The van der Waals surface area contributed by atoms with Crippen molar-refractivity contribution in [1.29, 1.82) is 5.26 Å². The molecule has 5 heteroatoms.